The van der Waals surface area contributed by atoms with Gasteiger partial charge in [-0.25, -0.2) is 9.97 Å². The molecule has 29 heavy (non-hydrogen) atoms. The van der Waals surface area contributed by atoms with Gasteiger partial charge in [0.15, 0.2) is 0 Å². The van der Waals surface area contributed by atoms with Crippen LogP contribution in [0.1, 0.15) is 23.4 Å². The molecule has 4 rings (SSSR count). The SMILES string of the molecule is O=C(Cc1nc(-n2ccnc2)ns1)NCCCC1=COC(Cc2ccccc2)O1. The smallest absolute Gasteiger partial charge is 0.246 e. The topological polar surface area (TPSA) is 91.2 Å². The lowest BCUT2D eigenvalue weighted by Crippen LogP contribution is -2.26. The second-order valence-electron chi connectivity index (χ2n) is 6.55. The first-order chi connectivity index (χ1) is 14.3. The van der Waals surface area contributed by atoms with Gasteiger partial charge in [0.25, 0.3) is 0 Å². The average molecular weight is 411 g/mol. The molecule has 0 saturated heterocycles. The number of nitrogens with one attached hydrogen (secondary N) is 1. The van der Waals surface area contributed by atoms with Crippen LogP contribution in [0.5, 0.6) is 0 Å². The molecule has 0 saturated carbocycles. The van der Waals surface area contributed by atoms with Crippen molar-refractivity contribution in [1.29, 1.82) is 0 Å². The van der Waals surface area contributed by atoms with Gasteiger partial charge in [0.05, 0.1) is 6.42 Å². The summed E-state index contributed by atoms with van der Waals surface area (Å²) >= 11 is 1.22. The van der Waals surface area contributed by atoms with Crippen LogP contribution in [0.4, 0.5) is 0 Å². The number of rotatable bonds is 9. The predicted molar refractivity (Wildman–Crippen MR) is 107 cm³/mol. The summed E-state index contributed by atoms with van der Waals surface area (Å²) < 4.78 is 17.3. The third-order valence-corrected chi connectivity index (χ3v) is 5.01. The number of allylic oxidation sites excluding steroid dienone is 1. The van der Waals surface area contributed by atoms with Crippen molar-refractivity contribution in [1.82, 2.24) is 24.2 Å². The Hall–Kier alpha value is -3.20. The Bertz CT molecular complexity index is 956. The molecule has 1 unspecified atom stereocenters. The highest BCUT2D eigenvalue weighted by molar-refractivity contribution is 7.05. The van der Waals surface area contributed by atoms with Gasteiger partial charge >= 0.3 is 0 Å². The lowest BCUT2D eigenvalue weighted by molar-refractivity contribution is -0.120. The number of imidazole rings is 1. The van der Waals surface area contributed by atoms with E-state index in [1.807, 2.05) is 18.2 Å². The van der Waals surface area contributed by atoms with Crippen LogP contribution in [0.15, 0.2) is 61.1 Å². The average Bonchev–Trinajstić information content (AvgIpc) is 3.48. The first-order valence-electron chi connectivity index (χ1n) is 9.39. The number of hydrogen-bond donors (Lipinski definition) is 1. The van der Waals surface area contributed by atoms with Crippen molar-refractivity contribution in [3.63, 3.8) is 0 Å². The number of ether oxygens (including phenoxy) is 2. The molecule has 1 amide bonds. The van der Waals surface area contributed by atoms with E-state index in [4.69, 9.17) is 9.47 Å². The molecule has 0 bridgehead atoms. The van der Waals surface area contributed by atoms with Crippen LogP contribution in [0.2, 0.25) is 0 Å². The summed E-state index contributed by atoms with van der Waals surface area (Å²) in [5, 5.41) is 3.58. The van der Waals surface area contributed by atoms with Gasteiger partial charge in [-0.3, -0.25) is 9.36 Å². The Balaban J connectivity index is 1.13. The van der Waals surface area contributed by atoms with Gasteiger partial charge in [0.2, 0.25) is 18.1 Å². The van der Waals surface area contributed by atoms with E-state index in [0.717, 1.165) is 18.6 Å². The molecule has 3 aromatic rings. The molecule has 3 heterocycles. The maximum atomic E-state index is 12.1. The molecule has 150 valence electrons. The molecule has 1 aromatic carbocycles. The Morgan fingerprint density at radius 1 is 1.28 bits per heavy atom. The molecule has 1 atom stereocenters. The number of carbonyl (C=O) groups is 1. The molecule has 1 aliphatic heterocycles. The van der Waals surface area contributed by atoms with Crippen molar-refractivity contribution in [3.05, 3.63) is 71.6 Å². The first-order valence-corrected chi connectivity index (χ1v) is 10.2. The van der Waals surface area contributed by atoms with Gasteiger partial charge in [0, 0.05) is 31.8 Å². The maximum Gasteiger partial charge on any atom is 0.246 e. The van der Waals surface area contributed by atoms with Crippen LogP contribution >= 0.6 is 11.5 Å². The molecular formula is C20H21N5O3S. The first kappa shape index (κ1) is 19.1. The highest BCUT2D eigenvalue weighted by Crippen LogP contribution is 2.21. The molecule has 1 N–H and O–H groups in total. The van der Waals surface area contributed by atoms with Crippen LogP contribution < -0.4 is 5.32 Å². The van der Waals surface area contributed by atoms with E-state index in [1.165, 1.54) is 17.1 Å². The van der Waals surface area contributed by atoms with Crippen molar-refractivity contribution >= 4 is 17.4 Å². The van der Waals surface area contributed by atoms with Crippen molar-refractivity contribution in [2.75, 3.05) is 6.54 Å². The van der Waals surface area contributed by atoms with Gasteiger partial charge in [0.1, 0.15) is 23.4 Å². The van der Waals surface area contributed by atoms with Crippen molar-refractivity contribution in [2.24, 2.45) is 0 Å². The van der Waals surface area contributed by atoms with Crippen molar-refractivity contribution in [2.45, 2.75) is 32.0 Å². The lowest BCUT2D eigenvalue weighted by atomic mass is 10.1. The molecule has 9 heteroatoms. The number of amides is 1. The minimum atomic E-state index is -0.274. The Morgan fingerprint density at radius 3 is 3.00 bits per heavy atom. The van der Waals surface area contributed by atoms with Crippen molar-refractivity contribution in [3.8, 4) is 5.95 Å². The molecular weight excluding hydrogens is 390 g/mol. The fourth-order valence-corrected chi connectivity index (χ4v) is 3.52. The Labute approximate surface area is 172 Å². The van der Waals surface area contributed by atoms with Gasteiger partial charge in [-0.2, -0.15) is 4.37 Å². The van der Waals surface area contributed by atoms with Crippen LogP contribution in [0.3, 0.4) is 0 Å². The number of aromatic nitrogens is 4. The molecule has 0 aliphatic carbocycles. The zero-order valence-corrected chi connectivity index (χ0v) is 16.5. The van der Waals surface area contributed by atoms with E-state index in [9.17, 15) is 4.79 Å². The summed E-state index contributed by atoms with van der Waals surface area (Å²) in [5.41, 5.74) is 1.17. The lowest BCUT2D eigenvalue weighted by Gasteiger charge is -2.12. The van der Waals surface area contributed by atoms with Crippen LogP contribution in [0.25, 0.3) is 5.95 Å². The van der Waals surface area contributed by atoms with Gasteiger partial charge in [-0.15, -0.1) is 0 Å². The van der Waals surface area contributed by atoms with E-state index in [-0.39, 0.29) is 18.6 Å². The standard InChI is InChI=1S/C20H21N5O3S/c26-17(12-18-23-20(24-29-18)25-10-9-21-14-25)22-8-4-7-16-13-27-19(28-16)11-15-5-2-1-3-6-15/h1-3,5-6,9-10,13-14,19H,4,7-8,11-12H2,(H,22,26). The van der Waals surface area contributed by atoms with Crippen LogP contribution in [-0.4, -0.2) is 37.7 Å². The highest BCUT2D eigenvalue weighted by atomic mass is 32.1. The number of carbonyl (C=O) groups excluding carboxylic acids is 1. The zero-order chi connectivity index (χ0) is 19.9. The minimum absolute atomic E-state index is 0.0714. The molecule has 0 radical (unpaired) electrons. The van der Waals surface area contributed by atoms with E-state index >= 15 is 0 Å². The summed E-state index contributed by atoms with van der Waals surface area (Å²) in [7, 11) is 0. The number of hydrogen-bond acceptors (Lipinski definition) is 7. The summed E-state index contributed by atoms with van der Waals surface area (Å²) in [4.78, 5) is 20.4. The van der Waals surface area contributed by atoms with E-state index in [2.05, 4.69) is 31.8 Å². The summed E-state index contributed by atoms with van der Waals surface area (Å²) in [6.07, 6.45) is 8.86. The molecule has 8 nitrogen and oxygen atoms in total. The van der Waals surface area contributed by atoms with Crippen molar-refractivity contribution < 1.29 is 14.3 Å². The summed E-state index contributed by atoms with van der Waals surface area (Å²) in [6, 6.07) is 10.1. The second-order valence-corrected chi connectivity index (χ2v) is 7.38. The Morgan fingerprint density at radius 2 is 2.17 bits per heavy atom. The van der Waals surface area contributed by atoms with Crippen LogP contribution in [-0.2, 0) is 27.1 Å². The second kappa shape index (κ2) is 9.33. The van der Waals surface area contributed by atoms with E-state index < -0.39 is 0 Å². The summed E-state index contributed by atoms with van der Waals surface area (Å²) in [5.74, 6) is 1.28. The number of benzene rings is 1. The third-order valence-electron chi connectivity index (χ3n) is 4.31. The number of nitrogens with zero attached hydrogens (tertiary/aromatic N) is 4. The largest absolute Gasteiger partial charge is 0.459 e. The van der Waals surface area contributed by atoms with E-state index in [1.54, 1.807) is 29.6 Å². The molecule has 2 aromatic heterocycles. The molecule has 0 spiro atoms. The van der Waals surface area contributed by atoms with Gasteiger partial charge < -0.3 is 14.8 Å². The fourth-order valence-electron chi connectivity index (χ4n) is 2.88. The molecule has 0 fully saturated rings. The highest BCUT2D eigenvalue weighted by Gasteiger charge is 2.19. The maximum absolute atomic E-state index is 12.1. The monoisotopic (exact) mass is 411 g/mol. The quantitative estimate of drug-likeness (QED) is 0.544. The van der Waals surface area contributed by atoms with E-state index in [0.29, 0.717) is 23.9 Å². The third kappa shape index (κ3) is 5.41. The van der Waals surface area contributed by atoms with Gasteiger partial charge in [-0.05, 0) is 23.5 Å². The summed E-state index contributed by atoms with van der Waals surface area (Å²) in [6.45, 7) is 0.566. The molecule has 1 aliphatic rings. The fraction of sp³-hybridized carbons (Fsp3) is 0.300. The Kier molecular flexibility index (Phi) is 6.16. The van der Waals surface area contributed by atoms with Gasteiger partial charge in [-0.1, -0.05) is 30.3 Å². The zero-order valence-electron chi connectivity index (χ0n) is 15.7. The normalized spacial score (nSPS) is 15.4. The minimum Gasteiger partial charge on any atom is -0.459 e. The predicted octanol–water partition coefficient (Wildman–Crippen LogP) is 2.62. The van der Waals surface area contributed by atoms with Crippen LogP contribution in [0, 0.1) is 0 Å².